The van der Waals surface area contributed by atoms with E-state index in [4.69, 9.17) is 5.73 Å². The second-order valence-electron chi connectivity index (χ2n) is 5.01. The summed E-state index contributed by atoms with van der Waals surface area (Å²) in [6, 6.07) is 4.26. The van der Waals surface area contributed by atoms with Crippen molar-refractivity contribution in [1.82, 2.24) is 14.7 Å². The summed E-state index contributed by atoms with van der Waals surface area (Å²) in [4.78, 5) is 6.99. The van der Waals surface area contributed by atoms with Gasteiger partial charge in [0.1, 0.15) is 5.65 Å². The third-order valence-corrected chi connectivity index (χ3v) is 3.59. The van der Waals surface area contributed by atoms with Crippen molar-refractivity contribution in [3.8, 4) is 0 Å². The van der Waals surface area contributed by atoms with Crippen LogP contribution < -0.4 is 16.0 Å². The molecule has 0 spiro atoms. The molecule has 3 N–H and O–H groups in total. The van der Waals surface area contributed by atoms with E-state index < -0.39 is 0 Å². The molecule has 0 amide bonds. The minimum absolute atomic E-state index is 0.647. The van der Waals surface area contributed by atoms with E-state index in [-0.39, 0.29) is 0 Å². The quantitative estimate of drug-likeness (QED) is 0.849. The highest BCUT2D eigenvalue weighted by molar-refractivity contribution is 5.52. The lowest BCUT2D eigenvalue weighted by molar-refractivity contribution is 0.724. The van der Waals surface area contributed by atoms with Crippen LogP contribution in [0.25, 0.3) is 5.65 Å². The number of imidazole rings is 1. The Morgan fingerprint density at radius 3 is 3.05 bits per heavy atom. The number of pyridine rings is 1. The normalized spacial score (nSPS) is 16.8. The summed E-state index contributed by atoms with van der Waals surface area (Å²) in [6.07, 6.45) is 6.29. The van der Waals surface area contributed by atoms with Crippen LogP contribution in [-0.4, -0.2) is 42.1 Å². The monoisotopic (exact) mass is 259 g/mol. The number of fused-ring (bicyclic) bond motifs is 1. The summed E-state index contributed by atoms with van der Waals surface area (Å²) in [5, 5.41) is 3.43. The molecule has 2 aromatic rings. The van der Waals surface area contributed by atoms with Crippen molar-refractivity contribution in [3.05, 3.63) is 30.2 Å². The summed E-state index contributed by atoms with van der Waals surface area (Å²) in [6.45, 7) is 5.00. The van der Waals surface area contributed by atoms with Gasteiger partial charge in [0.05, 0.1) is 11.4 Å². The van der Waals surface area contributed by atoms with Gasteiger partial charge in [0.25, 0.3) is 0 Å². The molecule has 0 radical (unpaired) electrons. The minimum Gasteiger partial charge on any atom is -0.369 e. The molecule has 102 valence electrons. The van der Waals surface area contributed by atoms with E-state index in [0.717, 1.165) is 43.9 Å². The van der Waals surface area contributed by atoms with Gasteiger partial charge in [-0.15, -0.1) is 0 Å². The van der Waals surface area contributed by atoms with Gasteiger partial charge in [-0.25, -0.2) is 4.98 Å². The number of hydrogen-bond donors (Lipinski definition) is 2. The molecule has 0 aliphatic carbocycles. The van der Waals surface area contributed by atoms with Gasteiger partial charge in [-0.2, -0.15) is 0 Å². The number of anilines is 1. The average Bonchev–Trinajstić information content (AvgIpc) is 2.63. The summed E-state index contributed by atoms with van der Waals surface area (Å²) in [5.41, 5.74) is 8.92. The molecular formula is C14H21N5. The Balaban J connectivity index is 1.87. The molecule has 2 aromatic heterocycles. The SMILES string of the molecule is NCCc1cn2cc(N3CCCNCC3)ccc2n1. The molecule has 0 saturated carbocycles. The molecule has 1 aliphatic heterocycles. The lowest BCUT2D eigenvalue weighted by atomic mass is 10.3. The van der Waals surface area contributed by atoms with Crippen LogP contribution in [0.5, 0.6) is 0 Å². The third kappa shape index (κ3) is 2.72. The van der Waals surface area contributed by atoms with Crippen LogP contribution in [-0.2, 0) is 6.42 Å². The highest BCUT2D eigenvalue weighted by atomic mass is 15.2. The van der Waals surface area contributed by atoms with Crippen molar-refractivity contribution >= 4 is 11.3 Å². The van der Waals surface area contributed by atoms with E-state index in [2.05, 4.69) is 44.1 Å². The number of aromatic nitrogens is 2. The molecule has 1 saturated heterocycles. The summed E-state index contributed by atoms with van der Waals surface area (Å²) in [5.74, 6) is 0. The maximum Gasteiger partial charge on any atom is 0.137 e. The van der Waals surface area contributed by atoms with Crippen molar-refractivity contribution in [1.29, 1.82) is 0 Å². The molecule has 3 heterocycles. The van der Waals surface area contributed by atoms with Crippen LogP contribution in [0.3, 0.4) is 0 Å². The Hall–Kier alpha value is -1.59. The average molecular weight is 259 g/mol. The molecule has 3 rings (SSSR count). The molecule has 0 atom stereocenters. The van der Waals surface area contributed by atoms with Gasteiger partial charge < -0.3 is 20.4 Å². The van der Waals surface area contributed by atoms with Gasteiger partial charge in [-0.1, -0.05) is 0 Å². The van der Waals surface area contributed by atoms with Crippen LogP contribution >= 0.6 is 0 Å². The van der Waals surface area contributed by atoms with Crippen molar-refractivity contribution in [2.75, 3.05) is 37.6 Å². The first-order chi connectivity index (χ1) is 9.36. The van der Waals surface area contributed by atoms with E-state index in [9.17, 15) is 0 Å². The lowest BCUT2D eigenvalue weighted by Gasteiger charge is -2.22. The van der Waals surface area contributed by atoms with Gasteiger partial charge in [-0.3, -0.25) is 0 Å². The van der Waals surface area contributed by atoms with E-state index in [1.54, 1.807) is 0 Å². The van der Waals surface area contributed by atoms with Crippen LogP contribution in [0, 0.1) is 0 Å². The number of nitrogens with zero attached hydrogens (tertiary/aromatic N) is 3. The van der Waals surface area contributed by atoms with Gasteiger partial charge in [0.15, 0.2) is 0 Å². The van der Waals surface area contributed by atoms with E-state index in [1.165, 1.54) is 12.1 Å². The predicted molar refractivity (Wildman–Crippen MR) is 77.7 cm³/mol. The molecule has 0 bridgehead atoms. The summed E-state index contributed by atoms with van der Waals surface area (Å²) >= 11 is 0. The molecule has 0 unspecified atom stereocenters. The highest BCUT2D eigenvalue weighted by Crippen LogP contribution is 2.17. The number of nitrogens with one attached hydrogen (secondary N) is 1. The summed E-state index contributed by atoms with van der Waals surface area (Å²) < 4.78 is 2.11. The van der Waals surface area contributed by atoms with Gasteiger partial charge in [-0.05, 0) is 31.6 Å². The Morgan fingerprint density at radius 2 is 2.16 bits per heavy atom. The first kappa shape index (κ1) is 12.4. The fourth-order valence-electron chi connectivity index (χ4n) is 2.59. The van der Waals surface area contributed by atoms with E-state index in [0.29, 0.717) is 6.54 Å². The van der Waals surface area contributed by atoms with Crippen LogP contribution in [0.15, 0.2) is 24.5 Å². The molecule has 1 aliphatic rings. The lowest BCUT2D eigenvalue weighted by Crippen LogP contribution is -2.27. The fraction of sp³-hybridized carbons (Fsp3) is 0.500. The van der Waals surface area contributed by atoms with Crippen molar-refractivity contribution in [2.45, 2.75) is 12.8 Å². The van der Waals surface area contributed by atoms with Crippen molar-refractivity contribution in [2.24, 2.45) is 5.73 Å². The first-order valence-electron chi connectivity index (χ1n) is 7.00. The molecule has 1 fully saturated rings. The smallest absolute Gasteiger partial charge is 0.137 e. The maximum atomic E-state index is 5.58. The Kier molecular flexibility index (Phi) is 3.66. The van der Waals surface area contributed by atoms with Crippen molar-refractivity contribution < 1.29 is 0 Å². The second kappa shape index (κ2) is 5.59. The largest absolute Gasteiger partial charge is 0.369 e. The second-order valence-corrected chi connectivity index (χ2v) is 5.01. The zero-order valence-corrected chi connectivity index (χ0v) is 11.2. The van der Waals surface area contributed by atoms with Crippen molar-refractivity contribution in [3.63, 3.8) is 0 Å². The summed E-state index contributed by atoms with van der Waals surface area (Å²) in [7, 11) is 0. The Bertz CT molecular complexity index is 540. The van der Waals surface area contributed by atoms with Crippen LogP contribution in [0.4, 0.5) is 5.69 Å². The zero-order chi connectivity index (χ0) is 13.1. The van der Waals surface area contributed by atoms with Crippen LogP contribution in [0.2, 0.25) is 0 Å². The third-order valence-electron chi connectivity index (χ3n) is 3.59. The maximum absolute atomic E-state index is 5.58. The molecule has 5 nitrogen and oxygen atoms in total. The first-order valence-corrected chi connectivity index (χ1v) is 7.00. The molecular weight excluding hydrogens is 238 g/mol. The number of hydrogen-bond acceptors (Lipinski definition) is 4. The Morgan fingerprint density at radius 1 is 1.21 bits per heavy atom. The number of rotatable bonds is 3. The Labute approximate surface area is 113 Å². The molecule has 19 heavy (non-hydrogen) atoms. The molecule has 5 heteroatoms. The van der Waals surface area contributed by atoms with E-state index in [1.807, 2.05) is 0 Å². The van der Waals surface area contributed by atoms with E-state index >= 15 is 0 Å². The van der Waals surface area contributed by atoms with Crippen LogP contribution in [0.1, 0.15) is 12.1 Å². The minimum atomic E-state index is 0.647. The van der Waals surface area contributed by atoms with Gasteiger partial charge >= 0.3 is 0 Å². The number of nitrogens with two attached hydrogens (primary N) is 1. The van der Waals surface area contributed by atoms with Gasteiger partial charge in [0.2, 0.25) is 0 Å². The molecule has 0 aromatic carbocycles. The predicted octanol–water partition coefficient (Wildman–Crippen LogP) is 0.635. The standard InChI is InChI=1S/C14H21N5/c15-5-4-12-10-19-11-13(2-3-14(19)17-12)18-8-1-6-16-7-9-18/h2-3,10-11,16H,1,4-9,15H2. The highest BCUT2D eigenvalue weighted by Gasteiger charge is 2.10. The zero-order valence-electron chi connectivity index (χ0n) is 11.2. The topological polar surface area (TPSA) is 58.6 Å². The fourth-order valence-corrected chi connectivity index (χ4v) is 2.59. The van der Waals surface area contributed by atoms with Gasteiger partial charge in [0, 0.05) is 38.4 Å².